The van der Waals surface area contributed by atoms with Crippen molar-refractivity contribution in [1.29, 1.82) is 0 Å². The van der Waals surface area contributed by atoms with Gasteiger partial charge in [0.25, 0.3) is 0 Å². The Hall–Kier alpha value is -6.42. The van der Waals surface area contributed by atoms with Crippen molar-refractivity contribution in [3.8, 4) is 27.9 Å². The Kier molecular flexibility index (Phi) is 7.26. The fourth-order valence-electron chi connectivity index (χ4n) is 7.68. The lowest BCUT2D eigenvalue weighted by Gasteiger charge is -2.26. The molecule has 0 aliphatic carbocycles. The summed E-state index contributed by atoms with van der Waals surface area (Å²) >= 11 is 1.86. The highest BCUT2D eigenvalue weighted by atomic mass is 32.1. The molecule has 0 saturated carbocycles. The van der Waals surface area contributed by atoms with Crippen LogP contribution in [0.4, 0.5) is 17.1 Å². The maximum atomic E-state index is 2.44. The van der Waals surface area contributed by atoms with Crippen molar-refractivity contribution < 1.29 is 0 Å². The number of anilines is 3. The molecule has 0 aliphatic rings. The average Bonchev–Trinajstić information content (AvgIpc) is 3.74. The summed E-state index contributed by atoms with van der Waals surface area (Å²) in [6, 6.07) is 68.6. The SMILES string of the molecule is Cc1ccc(N(c2ccc(-c3cccc(-c4ccccc4)c3)cc2)c2ccc3c4ccccc4n(-c4ccc5sc6ccccc6c5c4)c3c2)cc1. The standard InChI is InChI=1S/C49H34N2S/c1-33-18-22-38(23-19-33)50(39-24-20-35(21-25-39)37-13-9-12-36(30-37)34-10-3-2-4-11-34)41-26-28-43-42-14-5-7-16-46(42)51(47(43)32-41)40-27-29-49-45(31-40)44-15-6-8-17-48(44)52-49/h2-32H,1H3. The number of benzene rings is 8. The third kappa shape index (κ3) is 5.17. The number of para-hydroxylation sites is 1. The molecule has 0 spiro atoms. The largest absolute Gasteiger partial charge is 0.310 e. The number of rotatable bonds is 6. The molecule has 0 N–H and O–H groups in total. The Labute approximate surface area is 307 Å². The molecule has 0 unspecified atom stereocenters. The zero-order chi connectivity index (χ0) is 34.6. The van der Waals surface area contributed by atoms with Crippen molar-refractivity contribution in [2.45, 2.75) is 6.92 Å². The van der Waals surface area contributed by atoms with E-state index in [1.54, 1.807) is 0 Å². The summed E-state index contributed by atoms with van der Waals surface area (Å²) in [7, 11) is 0. The van der Waals surface area contributed by atoms with E-state index in [9.17, 15) is 0 Å². The van der Waals surface area contributed by atoms with E-state index in [0.29, 0.717) is 0 Å². The van der Waals surface area contributed by atoms with Gasteiger partial charge in [0.2, 0.25) is 0 Å². The molecule has 0 radical (unpaired) electrons. The first-order chi connectivity index (χ1) is 25.7. The van der Waals surface area contributed by atoms with Gasteiger partial charge < -0.3 is 9.47 Å². The predicted octanol–water partition coefficient (Wildman–Crippen LogP) is 14.3. The first kappa shape index (κ1) is 30.4. The molecule has 2 nitrogen and oxygen atoms in total. The lowest BCUT2D eigenvalue weighted by Crippen LogP contribution is -2.10. The van der Waals surface area contributed by atoms with Crippen LogP contribution < -0.4 is 4.90 Å². The first-order valence-corrected chi connectivity index (χ1v) is 18.6. The fourth-order valence-corrected chi connectivity index (χ4v) is 8.77. The smallest absolute Gasteiger partial charge is 0.0561 e. The molecule has 0 fully saturated rings. The van der Waals surface area contributed by atoms with Crippen molar-refractivity contribution in [3.05, 3.63) is 194 Å². The molecule has 246 valence electrons. The summed E-state index contributed by atoms with van der Waals surface area (Å²) in [6.45, 7) is 2.14. The maximum Gasteiger partial charge on any atom is 0.0561 e. The van der Waals surface area contributed by atoms with Gasteiger partial charge >= 0.3 is 0 Å². The molecule has 0 aliphatic heterocycles. The lowest BCUT2D eigenvalue weighted by molar-refractivity contribution is 1.18. The van der Waals surface area contributed by atoms with Crippen LogP contribution in [-0.2, 0) is 0 Å². The van der Waals surface area contributed by atoms with Gasteiger partial charge in [-0.1, -0.05) is 121 Å². The van der Waals surface area contributed by atoms with Crippen molar-refractivity contribution in [1.82, 2.24) is 4.57 Å². The maximum absolute atomic E-state index is 2.44. The Morgan fingerprint density at radius 1 is 0.385 bits per heavy atom. The Morgan fingerprint density at radius 2 is 0.981 bits per heavy atom. The average molecular weight is 683 g/mol. The van der Waals surface area contributed by atoms with E-state index >= 15 is 0 Å². The summed E-state index contributed by atoms with van der Waals surface area (Å²) in [5.74, 6) is 0. The molecule has 0 amide bonds. The third-order valence-electron chi connectivity index (χ3n) is 10.3. The molecule has 3 heteroatoms. The van der Waals surface area contributed by atoms with Crippen LogP contribution in [0.25, 0.3) is 69.9 Å². The number of aromatic nitrogens is 1. The van der Waals surface area contributed by atoms with E-state index in [-0.39, 0.29) is 0 Å². The van der Waals surface area contributed by atoms with E-state index in [1.165, 1.54) is 75.5 Å². The quantitative estimate of drug-likeness (QED) is 0.169. The molecule has 2 aromatic heterocycles. The molecular weight excluding hydrogens is 649 g/mol. The molecular formula is C49H34N2S. The van der Waals surface area contributed by atoms with Crippen LogP contribution in [-0.4, -0.2) is 4.57 Å². The zero-order valence-corrected chi connectivity index (χ0v) is 29.5. The van der Waals surface area contributed by atoms with E-state index in [0.717, 1.165) is 17.1 Å². The van der Waals surface area contributed by atoms with Crippen molar-refractivity contribution >= 4 is 70.4 Å². The molecule has 8 aromatic carbocycles. The van der Waals surface area contributed by atoms with Gasteiger partial charge in [-0.2, -0.15) is 0 Å². The van der Waals surface area contributed by atoms with Gasteiger partial charge in [0.1, 0.15) is 0 Å². The second kappa shape index (κ2) is 12.4. The fraction of sp³-hybridized carbons (Fsp3) is 0.0204. The van der Waals surface area contributed by atoms with Crippen LogP contribution >= 0.6 is 11.3 Å². The molecule has 0 saturated heterocycles. The highest BCUT2D eigenvalue weighted by Gasteiger charge is 2.18. The molecule has 0 bridgehead atoms. The van der Waals surface area contributed by atoms with Crippen molar-refractivity contribution in [2.75, 3.05) is 4.90 Å². The molecule has 0 atom stereocenters. The van der Waals surface area contributed by atoms with Crippen molar-refractivity contribution in [2.24, 2.45) is 0 Å². The van der Waals surface area contributed by atoms with E-state index < -0.39 is 0 Å². The van der Waals surface area contributed by atoms with Gasteiger partial charge in [-0.15, -0.1) is 11.3 Å². The van der Waals surface area contributed by atoms with Gasteiger partial charge in [-0.05, 0) is 102 Å². The summed E-state index contributed by atoms with van der Waals surface area (Å²) in [4.78, 5) is 2.38. The second-order valence-electron chi connectivity index (χ2n) is 13.5. The topological polar surface area (TPSA) is 8.17 Å². The number of aryl methyl sites for hydroxylation is 1. The second-order valence-corrected chi connectivity index (χ2v) is 14.6. The summed E-state index contributed by atoms with van der Waals surface area (Å²) in [5.41, 5.74) is 13.0. The third-order valence-corrected chi connectivity index (χ3v) is 11.4. The summed E-state index contributed by atoms with van der Waals surface area (Å²) in [5, 5.41) is 5.11. The number of thiophene rings is 1. The van der Waals surface area contributed by atoms with Gasteiger partial charge in [0, 0.05) is 53.7 Å². The lowest BCUT2D eigenvalue weighted by atomic mass is 9.99. The number of hydrogen-bond acceptors (Lipinski definition) is 2. The summed E-state index contributed by atoms with van der Waals surface area (Å²) < 4.78 is 5.07. The highest BCUT2D eigenvalue weighted by Crippen LogP contribution is 2.42. The normalized spacial score (nSPS) is 11.6. The van der Waals surface area contributed by atoms with Crippen LogP contribution in [0.15, 0.2) is 188 Å². The van der Waals surface area contributed by atoms with Gasteiger partial charge in [-0.3, -0.25) is 0 Å². The highest BCUT2D eigenvalue weighted by molar-refractivity contribution is 7.25. The van der Waals surface area contributed by atoms with Gasteiger partial charge in [0.05, 0.1) is 11.0 Å². The molecule has 10 aromatic rings. The minimum absolute atomic E-state index is 1.11. The van der Waals surface area contributed by atoms with E-state index in [1.807, 2.05) is 11.3 Å². The summed E-state index contributed by atoms with van der Waals surface area (Å²) in [6.07, 6.45) is 0. The minimum Gasteiger partial charge on any atom is -0.310 e. The first-order valence-electron chi connectivity index (χ1n) is 17.8. The van der Waals surface area contributed by atoms with Crippen molar-refractivity contribution in [3.63, 3.8) is 0 Å². The number of nitrogens with zero attached hydrogens (tertiary/aromatic N) is 2. The van der Waals surface area contributed by atoms with Crippen LogP contribution in [0.3, 0.4) is 0 Å². The van der Waals surface area contributed by atoms with Crippen LogP contribution in [0.1, 0.15) is 5.56 Å². The number of fused-ring (bicyclic) bond motifs is 6. The van der Waals surface area contributed by atoms with Crippen LogP contribution in [0.2, 0.25) is 0 Å². The van der Waals surface area contributed by atoms with Crippen LogP contribution in [0.5, 0.6) is 0 Å². The van der Waals surface area contributed by atoms with Crippen LogP contribution in [0, 0.1) is 6.92 Å². The molecule has 52 heavy (non-hydrogen) atoms. The Morgan fingerprint density at radius 3 is 1.77 bits per heavy atom. The monoisotopic (exact) mass is 682 g/mol. The molecule has 2 heterocycles. The Balaban J connectivity index is 1.12. The van der Waals surface area contributed by atoms with Gasteiger partial charge in [0.15, 0.2) is 0 Å². The zero-order valence-electron chi connectivity index (χ0n) is 28.7. The van der Waals surface area contributed by atoms with E-state index in [4.69, 9.17) is 0 Å². The minimum atomic E-state index is 1.11. The predicted molar refractivity (Wildman–Crippen MR) is 224 cm³/mol. The molecule has 10 rings (SSSR count). The van der Waals surface area contributed by atoms with E-state index in [2.05, 4.69) is 204 Å². The Bertz CT molecular complexity index is 2900. The van der Waals surface area contributed by atoms with Gasteiger partial charge in [-0.25, -0.2) is 0 Å². The number of hydrogen-bond donors (Lipinski definition) is 0.